The van der Waals surface area contributed by atoms with Crippen LogP contribution in [0.3, 0.4) is 0 Å². The summed E-state index contributed by atoms with van der Waals surface area (Å²) >= 11 is 1.11. The number of ether oxygens (including phenoxy) is 1. The lowest BCUT2D eigenvalue weighted by Crippen LogP contribution is -2.18. The number of hydrogen-bond donors (Lipinski definition) is 3. The maximum absolute atomic E-state index is 12.4. The third-order valence-electron chi connectivity index (χ3n) is 3.41. The molecule has 3 aromatic heterocycles. The number of rotatable bonds is 7. The van der Waals surface area contributed by atoms with Gasteiger partial charge in [-0.3, -0.25) is 10.1 Å². The Morgan fingerprint density at radius 3 is 2.93 bits per heavy atom. The van der Waals surface area contributed by atoms with Crippen molar-refractivity contribution in [1.29, 1.82) is 0 Å². The molecule has 3 rings (SSSR count). The van der Waals surface area contributed by atoms with Crippen molar-refractivity contribution in [1.82, 2.24) is 20.0 Å². The number of aryl methyl sites for hydroxylation is 1. The van der Waals surface area contributed by atoms with E-state index in [0.717, 1.165) is 17.0 Å². The summed E-state index contributed by atoms with van der Waals surface area (Å²) in [6.45, 7) is 1.87. The SMILES string of the molecule is COc1c(NCCO)cc(C(=O)Nc2nnc(-n3nccc3C)s2)oc1=O. The van der Waals surface area contributed by atoms with Gasteiger partial charge in [-0.05, 0) is 13.0 Å². The predicted octanol–water partition coefficient (Wildman–Crippen LogP) is 0.651. The van der Waals surface area contributed by atoms with Crippen molar-refractivity contribution in [2.24, 2.45) is 0 Å². The summed E-state index contributed by atoms with van der Waals surface area (Å²) < 4.78 is 11.5. The average Bonchev–Trinajstić information content (AvgIpc) is 3.28. The number of anilines is 2. The number of nitrogens with one attached hydrogen (secondary N) is 2. The van der Waals surface area contributed by atoms with Crippen molar-refractivity contribution >= 4 is 28.1 Å². The molecule has 0 aliphatic carbocycles. The predicted molar refractivity (Wildman–Crippen MR) is 96.8 cm³/mol. The normalized spacial score (nSPS) is 10.6. The van der Waals surface area contributed by atoms with E-state index < -0.39 is 11.5 Å². The summed E-state index contributed by atoms with van der Waals surface area (Å²) in [6.07, 6.45) is 1.63. The molecule has 3 N–H and O–H groups in total. The second kappa shape index (κ2) is 7.97. The van der Waals surface area contributed by atoms with Crippen LogP contribution in [0.2, 0.25) is 0 Å². The lowest BCUT2D eigenvalue weighted by molar-refractivity contribution is 0.0991. The molecule has 0 spiro atoms. The van der Waals surface area contributed by atoms with Crippen LogP contribution in [-0.4, -0.2) is 51.3 Å². The van der Waals surface area contributed by atoms with Gasteiger partial charge in [0.05, 0.1) is 19.4 Å². The molecule has 0 aliphatic rings. The molecule has 3 heterocycles. The smallest absolute Gasteiger partial charge is 0.381 e. The van der Waals surface area contributed by atoms with Crippen molar-refractivity contribution in [3.05, 3.63) is 40.2 Å². The Morgan fingerprint density at radius 1 is 1.44 bits per heavy atom. The molecule has 0 saturated heterocycles. The Balaban J connectivity index is 1.82. The third-order valence-corrected chi connectivity index (χ3v) is 4.23. The first-order chi connectivity index (χ1) is 13.0. The van der Waals surface area contributed by atoms with Crippen LogP contribution in [0.25, 0.3) is 5.13 Å². The highest BCUT2D eigenvalue weighted by molar-refractivity contribution is 7.17. The highest BCUT2D eigenvalue weighted by Gasteiger charge is 2.19. The zero-order valence-corrected chi connectivity index (χ0v) is 15.2. The van der Waals surface area contributed by atoms with E-state index in [2.05, 4.69) is 25.9 Å². The minimum Gasteiger partial charge on any atom is -0.488 e. The lowest BCUT2D eigenvalue weighted by Gasteiger charge is -2.10. The molecule has 3 aromatic rings. The monoisotopic (exact) mass is 392 g/mol. The van der Waals surface area contributed by atoms with Crippen LogP contribution in [-0.2, 0) is 0 Å². The van der Waals surface area contributed by atoms with E-state index in [4.69, 9.17) is 14.3 Å². The molecule has 0 aliphatic heterocycles. The minimum absolute atomic E-state index is 0.0904. The number of nitrogens with zero attached hydrogens (tertiary/aromatic N) is 4. The van der Waals surface area contributed by atoms with Gasteiger partial charge >= 0.3 is 5.63 Å². The van der Waals surface area contributed by atoms with Crippen LogP contribution in [0.1, 0.15) is 16.2 Å². The fraction of sp³-hybridized carbons (Fsp3) is 0.267. The summed E-state index contributed by atoms with van der Waals surface area (Å²) in [6, 6.07) is 3.12. The lowest BCUT2D eigenvalue weighted by atomic mass is 10.3. The summed E-state index contributed by atoms with van der Waals surface area (Å²) in [5, 5.41) is 26.9. The van der Waals surface area contributed by atoms with E-state index in [1.807, 2.05) is 13.0 Å². The number of carbonyl (C=O) groups is 1. The van der Waals surface area contributed by atoms with E-state index in [-0.39, 0.29) is 35.5 Å². The molecule has 12 heteroatoms. The summed E-state index contributed by atoms with van der Waals surface area (Å²) in [7, 11) is 1.30. The van der Waals surface area contributed by atoms with E-state index in [9.17, 15) is 9.59 Å². The van der Waals surface area contributed by atoms with E-state index in [0.29, 0.717) is 5.13 Å². The third kappa shape index (κ3) is 3.96. The molecule has 27 heavy (non-hydrogen) atoms. The van der Waals surface area contributed by atoms with E-state index in [1.54, 1.807) is 10.9 Å². The average molecular weight is 392 g/mol. The van der Waals surface area contributed by atoms with Gasteiger partial charge in [0.2, 0.25) is 16.0 Å². The van der Waals surface area contributed by atoms with Crippen LogP contribution < -0.4 is 21.0 Å². The van der Waals surface area contributed by atoms with Crippen molar-refractivity contribution in [2.75, 3.05) is 30.9 Å². The summed E-state index contributed by atoms with van der Waals surface area (Å²) in [4.78, 5) is 24.4. The zero-order valence-electron chi connectivity index (χ0n) is 14.4. The number of carbonyl (C=O) groups excluding carboxylic acids is 1. The van der Waals surface area contributed by atoms with Gasteiger partial charge in [0.1, 0.15) is 0 Å². The highest BCUT2D eigenvalue weighted by Crippen LogP contribution is 2.23. The molecule has 11 nitrogen and oxygen atoms in total. The van der Waals surface area contributed by atoms with Crippen molar-refractivity contribution in [3.8, 4) is 10.9 Å². The first-order valence-electron chi connectivity index (χ1n) is 7.76. The van der Waals surface area contributed by atoms with Gasteiger partial charge in [-0.25, -0.2) is 9.48 Å². The number of amides is 1. The fourth-order valence-corrected chi connectivity index (χ4v) is 2.95. The summed E-state index contributed by atoms with van der Waals surface area (Å²) in [5.74, 6) is -1.01. The van der Waals surface area contributed by atoms with Gasteiger partial charge in [-0.1, -0.05) is 11.3 Å². The van der Waals surface area contributed by atoms with Gasteiger partial charge in [0.15, 0.2) is 5.76 Å². The Morgan fingerprint density at radius 2 is 2.26 bits per heavy atom. The first kappa shape index (κ1) is 18.5. The molecule has 142 valence electrons. The second-order valence-electron chi connectivity index (χ2n) is 5.22. The van der Waals surface area contributed by atoms with Gasteiger partial charge < -0.3 is 19.6 Å². The molecule has 0 unspecified atom stereocenters. The quantitative estimate of drug-likeness (QED) is 0.528. The fourth-order valence-electron chi connectivity index (χ4n) is 2.19. The summed E-state index contributed by atoms with van der Waals surface area (Å²) in [5.41, 5.74) is 0.276. The number of aliphatic hydroxyl groups excluding tert-OH is 1. The molecule has 0 atom stereocenters. The number of aliphatic hydroxyl groups is 1. The Kier molecular flexibility index (Phi) is 5.47. The van der Waals surface area contributed by atoms with Crippen LogP contribution in [0.15, 0.2) is 27.5 Å². The maximum atomic E-state index is 12.4. The molecule has 0 saturated carbocycles. The van der Waals surface area contributed by atoms with Crippen LogP contribution in [0.5, 0.6) is 5.75 Å². The maximum Gasteiger partial charge on any atom is 0.381 e. The molecule has 0 aromatic carbocycles. The van der Waals surface area contributed by atoms with Gasteiger partial charge in [0, 0.05) is 24.5 Å². The van der Waals surface area contributed by atoms with Gasteiger partial charge in [0.25, 0.3) is 5.91 Å². The molecule has 0 radical (unpaired) electrons. The number of aromatic nitrogens is 4. The minimum atomic E-state index is -0.823. The van der Waals surface area contributed by atoms with Gasteiger partial charge in [-0.15, -0.1) is 10.2 Å². The molecular formula is C15H16N6O5S. The Hall–Kier alpha value is -3.25. The van der Waals surface area contributed by atoms with Crippen molar-refractivity contribution in [2.45, 2.75) is 6.92 Å². The molecule has 1 amide bonds. The molecule has 0 fully saturated rings. The van der Waals surface area contributed by atoms with Crippen LogP contribution in [0.4, 0.5) is 10.8 Å². The van der Waals surface area contributed by atoms with Crippen LogP contribution in [0, 0.1) is 6.92 Å². The van der Waals surface area contributed by atoms with Crippen molar-refractivity contribution < 1.29 is 19.1 Å². The van der Waals surface area contributed by atoms with Crippen LogP contribution >= 0.6 is 11.3 Å². The zero-order chi connectivity index (χ0) is 19.4. The number of hydrogen-bond acceptors (Lipinski definition) is 10. The van der Waals surface area contributed by atoms with Crippen molar-refractivity contribution in [3.63, 3.8) is 0 Å². The standard InChI is InChI=1S/C15H16N6O5S/c1-8-3-4-17-21(8)15-20-19-14(27-15)18-12(23)10-7-9(16-5-6-22)11(25-2)13(24)26-10/h3-4,7,16,22H,5-6H2,1-2H3,(H,18,19,23). The second-order valence-corrected chi connectivity index (χ2v) is 6.18. The van der Waals surface area contributed by atoms with Gasteiger partial charge in [-0.2, -0.15) is 5.10 Å². The first-order valence-corrected chi connectivity index (χ1v) is 8.58. The van der Waals surface area contributed by atoms with E-state index in [1.165, 1.54) is 13.2 Å². The largest absolute Gasteiger partial charge is 0.488 e. The molecule has 0 bridgehead atoms. The molecular weight excluding hydrogens is 376 g/mol. The number of methoxy groups -OCH3 is 1. The highest BCUT2D eigenvalue weighted by atomic mass is 32.1. The Bertz CT molecular complexity index is 1010. The Labute approximate surface area is 156 Å². The van der Waals surface area contributed by atoms with E-state index >= 15 is 0 Å². The topological polar surface area (TPSA) is 144 Å².